The molecule has 30 nitrogen and oxygen atoms in total. The topological polar surface area (TPSA) is 325 Å². The zero-order valence-electron chi connectivity index (χ0n) is 48.5. The van der Waals surface area contributed by atoms with E-state index in [9.17, 15) is 4.79 Å². The van der Waals surface area contributed by atoms with Crippen LogP contribution in [0.1, 0.15) is 6.42 Å². The molecule has 0 radical (unpaired) electrons. The quantitative estimate of drug-likeness (QED) is 0.0155. The van der Waals surface area contributed by atoms with Gasteiger partial charge >= 0.3 is 0 Å². The maximum absolute atomic E-state index is 11.0. The van der Waals surface area contributed by atoms with E-state index >= 15 is 0 Å². The molecule has 0 fully saturated rings. The van der Waals surface area contributed by atoms with Gasteiger partial charge in [-0.2, -0.15) is 0 Å². The van der Waals surface area contributed by atoms with Crippen LogP contribution in [-0.2, 0) is 118 Å². The van der Waals surface area contributed by atoms with Crippen molar-refractivity contribution < 1.29 is 118 Å². The van der Waals surface area contributed by atoms with Gasteiger partial charge in [0.25, 0.3) is 0 Å². The molecule has 81 heavy (non-hydrogen) atoms. The van der Waals surface area contributed by atoms with Crippen molar-refractivity contribution in [2.45, 2.75) is 6.42 Å². The molecule has 0 aliphatic rings. The molecule has 482 valence electrons. The van der Waals surface area contributed by atoms with Crippen molar-refractivity contribution in [2.75, 3.05) is 324 Å². The molecule has 0 spiro atoms. The summed E-state index contributed by atoms with van der Waals surface area (Å²) in [6, 6.07) is 0. The van der Waals surface area contributed by atoms with Gasteiger partial charge in [-0.3, -0.25) is 10.2 Å². The van der Waals surface area contributed by atoms with Crippen molar-refractivity contribution >= 4 is 5.91 Å². The number of rotatable bonds is 75. The molecule has 0 saturated heterocycles. The Balaban J connectivity index is 3.09. The molecule has 0 bridgehead atoms. The molecule has 1 amide bonds. The van der Waals surface area contributed by atoms with E-state index < -0.39 is 0 Å². The lowest BCUT2D eigenvalue weighted by Gasteiger charge is -2.09. The van der Waals surface area contributed by atoms with Crippen LogP contribution in [0.25, 0.3) is 10.4 Å². The number of nitrogens with two attached hydrogens (primary N) is 1. The molecule has 0 aliphatic carbocycles. The summed E-state index contributed by atoms with van der Waals surface area (Å²) in [4.78, 5) is 13.6. The van der Waals surface area contributed by atoms with Gasteiger partial charge < -0.3 is 114 Å². The van der Waals surface area contributed by atoms with E-state index in [0.29, 0.717) is 324 Å². The van der Waals surface area contributed by atoms with Crippen molar-refractivity contribution in [2.24, 2.45) is 11.0 Å². The number of hydrogen-bond donors (Lipinski definition) is 2. The molecule has 30 heteroatoms. The van der Waals surface area contributed by atoms with Crippen LogP contribution >= 0.6 is 0 Å². The van der Waals surface area contributed by atoms with E-state index in [-0.39, 0.29) is 12.3 Å². The molecular weight excluding hydrogens is 1080 g/mol. The average Bonchev–Trinajstić information content (AvgIpc) is 3.48. The second-order valence-electron chi connectivity index (χ2n) is 16.0. The second-order valence-corrected chi connectivity index (χ2v) is 16.0. The summed E-state index contributed by atoms with van der Waals surface area (Å²) in [5.74, 6) is 4.72. The minimum Gasteiger partial charge on any atom is -0.379 e. The van der Waals surface area contributed by atoms with Gasteiger partial charge in [-0.25, -0.2) is 5.84 Å². The Morgan fingerprint density at radius 2 is 0.370 bits per heavy atom. The van der Waals surface area contributed by atoms with Gasteiger partial charge in [0.15, 0.2) is 0 Å². The average molecular weight is 1190 g/mol. The SMILES string of the molecule is [N-]=[N+]=NCCOCCOCCOCCOCCOCCOCCOCCOCCOCCOCCOCCOCCOCCOCCOCCOCCOCCOCCOCCOCCOCCOCCOCCOCCC(=O)NN. The standard InChI is InChI=1S/C51H103N5O25/c52-55-51(57)1-3-58-5-7-60-9-11-62-13-15-64-17-19-66-21-23-68-25-27-70-29-31-72-33-35-74-37-39-76-41-43-78-45-47-80-49-50-81-48-46-79-44-42-77-40-38-75-36-34-73-32-30-71-28-26-69-24-22-67-20-18-65-16-14-63-12-10-61-8-6-59-4-2-54-56-53/h1-50,52H2,(H,55,57). The van der Waals surface area contributed by atoms with Gasteiger partial charge in [-0.15, -0.1) is 0 Å². The van der Waals surface area contributed by atoms with Crippen molar-refractivity contribution in [1.29, 1.82) is 0 Å². The number of amides is 1. The third-order valence-corrected chi connectivity index (χ3v) is 9.59. The van der Waals surface area contributed by atoms with Crippen molar-refractivity contribution in [3.05, 3.63) is 10.4 Å². The predicted molar refractivity (Wildman–Crippen MR) is 291 cm³/mol. The first-order chi connectivity index (χ1) is 40.3. The number of hydrogen-bond acceptors (Lipinski definition) is 27. The lowest BCUT2D eigenvalue weighted by atomic mass is 10.4. The number of carbonyl (C=O) groups excluding carboxylic acids is 1. The number of azide groups is 1. The summed E-state index contributed by atoms with van der Waals surface area (Å²) in [7, 11) is 0. The molecule has 0 saturated carbocycles. The zero-order chi connectivity index (χ0) is 58.0. The van der Waals surface area contributed by atoms with E-state index in [0.717, 1.165) is 0 Å². The number of carbonyl (C=O) groups is 1. The van der Waals surface area contributed by atoms with Crippen LogP contribution in [0.4, 0.5) is 0 Å². The summed E-state index contributed by atoms with van der Waals surface area (Å²) in [6.07, 6.45) is 0.222. The van der Waals surface area contributed by atoms with Gasteiger partial charge in [0.2, 0.25) is 5.91 Å². The van der Waals surface area contributed by atoms with E-state index in [1.807, 2.05) is 5.43 Å². The Bertz CT molecular complexity index is 1240. The largest absolute Gasteiger partial charge is 0.379 e. The number of ether oxygens (including phenoxy) is 24. The first kappa shape index (κ1) is 78.8. The summed E-state index contributed by atoms with van der Waals surface area (Å²) >= 11 is 0. The number of nitrogens with one attached hydrogen (secondary N) is 1. The summed E-state index contributed by atoms with van der Waals surface area (Å²) < 4.78 is 131. The van der Waals surface area contributed by atoms with Crippen LogP contribution < -0.4 is 11.3 Å². The van der Waals surface area contributed by atoms with E-state index in [1.54, 1.807) is 0 Å². The Kier molecular flexibility index (Phi) is 73.7. The molecule has 0 unspecified atom stereocenters. The Morgan fingerprint density at radius 1 is 0.247 bits per heavy atom. The number of nitrogens with zero attached hydrogens (tertiary/aromatic N) is 3. The first-order valence-electron chi connectivity index (χ1n) is 28.2. The molecule has 0 rings (SSSR count). The van der Waals surface area contributed by atoms with Crippen LogP contribution in [0.15, 0.2) is 5.11 Å². The Morgan fingerprint density at radius 3 is 0.494 bits per heavy atom. The fraction of sp³-hybridized carbons (Fsp3) is 0.980. The van der Waals surface area contributed by atoms with Crippen LogP contribution in [0.2, 0.25) is 0 Å². The lowest BCUT2D eigenvalue weighted by molar-refractivity contribution is -0.122. The molecule has 0 aliphatic heterocycles. The van der Waals surface area contributed by atoms with Crippen molar-refractivity contribution in [1.82, 2.24) is 5.43 Å². The zero-order valence-corrected chi connectivity index (χ0v) is 48.5. The highest BCUT2D eigenvalue weighted by Gasteiger charge is 2.01. The predicted octanol–water partition coefficient (Wildman–Crippen LogP) is 0.0751. The summed E-state index contributed by atoms with van der Waals surface area (Å²) in [5.41, 5.74) is 10.2. The van der Waals surface area contributed by atoms with Crippen LogP contribution in [-0.4, -0.2) is 330 Å². The van der Waals surface area contributed by atoms with Gasteiger partial charge in [0, 0.05) is 11.5 Å². The van der Waals surface area contributed by atoms with Crippen molar-refractivity contribution in [3.63, 3.8) is 0 Å². The summed E-state index contributed by atoms with van der Waals surface area (Å²) in [5, 5.41) is 3.38. The number of hydrazine groups is 1. The van der Waals surface area contributed by atoms with Gasteiger partial charge in [0.1, 0.15) is 0 Å². The fourth-order valence-electron chi connectivity index (χ4n) is 5.55. The molecule has 3 N–H and O–H groups in total. The maximum atomic E-state index is 11.0. The Labute approximate surface area is 480 Å². The van der Waals surface area contributed by atoms with E-state index in [2.05, 4.69) is 10.0 Å². The molecule has 0 atom stereocenters. The van der Waals surface area contributed by atoms with E-state index in [4.69, 9.17) is 125 Å². The van der Waals surface area contributed by atoms with Crippen LogP contribution in [0.3, 0.4) is 0 Å². The highest BCUT2D eigenvalue weighted by atomic mass is 16.6. The maximum Gasteiger partial charge on any atom is 0.236 e. The molecular formula is C51H103N5O25. The fourth-order valence-corrected chi connectivity index (χ4v) is 5.55. The highest BCUT2D eigenvalue weighted by Crippen LogP contribution is 1.92. The van der Waals surface area contributed by atoms with Gasteiger partial charge in [0.05, 0.1) is 324 Å². The molecule has 0 aromatic rings. The minimum atomic E-state index is -0.265. The lowest BCUT2D eigenvalue weighted by Crippen LogP contribution is -2.30. The first-order valence-corrected chi connectivity index (χ1v) is 28.2. The van der Waals surface area contributed by atoms with Gasteiger partial charge in [-0.1, -0.05) is 5.11 Å². The highest BCUT2D eigenvalue weighted by molar-refractivity contribution is 5.75. The van der Waals surface area contributed by atoms with E-state index in [1.165, 1.54) is 0 Å². The smallest absolute Gasteiger partial charge is 0.236 e. The normalized spacial score (nSPS) is 11.5. The Hall–Kier alpha value is -2.22. The molecule has 0 aromatic heterocycles. The van der Waals surface area contributed by atoms with Gasteiger partial charge in [-0.05, 0) is 5.53 Å². The summed E-state index contributed by atoms with van der Waals surface area (Å²) in [6.45, 7) is 22.8. The molecule has 0 aromatic carbocycles. The van der Waals surface area contributed by atoms with Crippen LogP contribution in [0, 0.1) is 0 Å². The third kappa shape index (κ3) is 75.8. The van der Waals surface area contributed by atoms with Crippen LogP contribution in [0.5, 0.6) is 0 Å². The van der Waals surface area contributed by atoms with Crippen molar-refractivity contribution in [3.8, 4) is 0 Å². The molecule has 0 heterocycles. The minimum absolute atomic E-state index is 0.222. The second kappa shape index (κ2) is 75.8. The third-order valence-electron chi connectivity index (χ3n) is 9.59. The monoisotopic (exact) mass is 1190 g/mol.